The first kappa shape index (κ1) is 35.2. The van der Waals surface area contributed by atoms with Crippen LogP contribution in [-0.4, -0.2) is 0 Å². The first-order valence-corrected chi connectivity index (χ1v) is 20.8. The summed E-state index contributed by atoms with van der Waals surface area (Å²) in [4.78, 5) is 2.50. The zero-order valence-corrected chi connectivity index (χ0v) is 34.0. The van der Waals surface area contributed by atoms with E-state index in [-0.39, 0.29) is 10.8 Å². The molecule has 1 heteroatoms. The van der Waals surface area contributed by atoms with Gasteiger partial charge in [0.05, 0.1) is 5.69 Å². The number of fused-ring (bicyclic) bond motifs is 7. The first-order chi connectivity index (χ1) is 28.8. The van der Waals surface area contributed by atoms with Crippen LogP contribution in [0.4, 0.5) is 17.1 Å². The molecule has 9 aromatic rings. The van der Waals surface area contributed by atoms with E-state index < -0.39 is 0 Å². The second-order valence-electron chi connectivity index (χ2n) is 17.4. The van der Waals surface area contributed by atoms with E-state index in [9.17, 15) is 0 Å². The second-order valence-corrected chi connectivity index (χ2v) is 17.4. The van der Waals surface area contributed by atoms with Crippen molar-refractivity contribution < 1.29 is 0 Å². The Bertz CT molecular complexity index is 3070. The molecule has 0 bridgehead atoms. The van der Waals surface area contributed by atoms with Gasteiger partial charge in [-0.25, -0.2) is 0 Å². The number of benzene rings is 9. The third-order valence-corrected chi connectivity index (χ3v) is 13.3. The summed E-state index contributed by atoms with van der Waals surface area (Å²) in [5.41, 5.74) is 21.4. The van der Waals surface area contributed by atoms with Crippen LogP contribution in [-0.2, 0) is 10.8 Å². The van der Waals surface area contributed by atoms with Gasteiger partial charge in [-0.3, -0.25) is 0 Å². The minimum absolute atomic E-state index is 0.170. The maximum absolute atomic E-state index is 2.50. The summed E-state index contributed by atoms with van der Waals surface area (Å²) in [5.74, 6) is 0. The molecule has 0 unspecified atom stereocenters. The number of rotatable bonds is 6. The molecule has 59 heavy (non-hydrogen) atoms. The van der Waals surface area contributed by atoms with Gasteiger partial charge < -0.3 is 4.90 Å². The molecule has 0 saturated heterocycles. The molecule has 0 atom stereocenters. The van der Waals surface area contributed by atoms with Crippen molar-refractivity contribution in [3.63, 3.8) is 0 Å². The maximum atomic E-state index is 2.50. The summed E-state index contributed by atoms with van der Waals surface area (Å²) < 4.78 is 0. The lowest BCUT2D eigenvalue weighted by Crippen LogP contribution is -2.18. The van der Waals surface area contributed by atoms with Gasteiger partial charge in [0.25, 0.3) is 0 Å². The van der Waals surface area contributed by atoms with Gasteiger partial charge in [-0.15, -0.1) is 0 Å². The molecule has 0 saturated carbocycles. The van der Waals surface area contributed by atoms with E-state index in [1.54, 1.807) is 0 Å². The smallest absolute Gasteiger partial charge is 0.0540 e. The molecule has 2 aliphatic rings. The van der Waals surface area contributed by atoms with Gasteiger partial charge in [0, 0.05) is 27.6 Å². The van der Waals surface area contributed by atoms with Gasteiger partial charge in [0.1, 0.15) is 0 Å². The van der Waals surface area contributed by atoms with Crippen LogP contribution >= 0.6 is 0 Å². The van der Waals surface area contributed by atoms with Crippen LogP contribution in [0.2, 0.25) is 0 Å². The van der Waals surface area contributed by atoms with Crippen molar-refractivity contribution in [3.8, 4) is 55.6 Å². The van der Waals surface area contributed by atoms with E-state index in [1.807, 2.05) is 0 Å². The van der Waals surface area contributed by atoms with Crippen LogP contribution in [0.1, 0.15) is 49.9 Å². The van der Waals surface area contributed by atoms with Crippen LogP contribution in [0.5, 0.6) is 0 Å². The minimum Gasteiger partial charge on any atom is -0.310 e. The van der Waals surface area contributed by atoms with Crippen LogP contribution in [0.3, 0.4) is 0 Å². The SMILES string of the molecule is CC1(C)c2cc(-c3ccccc3)ccc2-c2ccc(N(c3ccc4c(c3)C(C)(C)c3cc(-c5ccc(-c6ccccc6)cc5)ccc3-4)c3cccc4ccccc34)cc21. The minimum atomic E-state index is -0.191. The molecule has 0 heterocycles. The molecule has 0 N–H and O–H groups in total. The Hall–Kier alpha value is -6.96. The van der Waals surface area contributed by atoms with Crippen molar-refractivity contribution in [1.29, 1.82) is 0 Å². The normalized spacial score (nSPS) is 14.0. The van der Waals surface area contributed by atoms with Crippen LogP contribution in [0, 0.1) is 0 Å². The fourth-order valence-electron chi connectivity index (χ4n) is 10.0. The Labute approximate surface area is 347 Å². The van der Waals surface area contributed by atoms with Gasteiger partial charge >= 0.3 is 0 Å². The molecule has 0 spiro atoms. The highest BCUT2D eigenvalue weighted by Gasteiger charge is 2.38. The maximum Gasteiger partial charge on any atom is 0.0540 e. The fourth-order valence-corrected chi connectivity index (χ4v) is 10.0. The summed E-state index contributed by atoms with van der Waals surface area (Å²) in [6.07, 6.45) is 0. The molecule has 11 rings (SSSR count). The molecule has 2 aliphatic carbocycles. The largest absolute Gasteiger partial charge is 0.310 e. The predicted octanol–water partition coefficient (Wildman–Crippen LogP) is 15.9. The molecule has 0 amide bonds. The molecule has 0 radical (unpaired) electrons. The monoisotopic (exact) mass is 755 g/mol. The predicted molar refractivity (Wildman–Crippen MR) is 250 cm³/mol. The third-order valence-electron chi connectivity index (χ3n) is 13.3. The summed E-state index contributed by atoms with van der Waals surface area (Å²) >= 11 is 0. The van der Waals surface area contributed by atoms with E-state index >= 15 is 0 Å². The molecule has 9 aromatic carbocycles. The van der Waals surface area contributed by atoms with Gasteiger partial charge in [-0.1, -0.05) is 185 Å². The lowest BCUT2D eigenvalue weighted by atomic mass is 9.81. The van der Waals surface area contributed by atoms with E-state index in [0.717, 1.165) is 5.69 Å². The van der Waals surface area contributed by atoms with Crippen molar-refractivity contribution in [2.24, 2.45) is 0 Å². The number of hydrogen-bond acceptors (Lipinski definition) is 1. The Morgan fingerprint density at radius 3 is 1.20 bits per heavy atom. The zero-order valence-electron chi connectivity index (χ0n) is 34.0. The van der Waals surface area contributed by atoms with E-state index in [4.69, 9.17) is 0 Å². The van der Waals surface area contributed by atoms with Crippen molar-refractivity contribution in [2.75, 3.05) is 4.90 Å². The molecular formula is C58H45N. The molecule has 0 aliphatic heterocycles. The highest BCUT2D eigenvalue weighted by Crippen LogP contribution is 2.54. The van der Waals surface area contributed by atoms with Gasteiger partial charge in [0.2, 0.25) is 0 Å². The van der Waals surface area contributed by atoms with E-state index in [0.29, 0.717) is 0 Å². The molecule has 1 nitrogen and oxygen atoms in total. The Morgan fingerprint density at radius 1 is 0.305 bits per heavy atom. The number of anilines is 3. The number of nitrogens with zero attached hydrogens (tertiary/aromatic N) is 1. The van der Waals surface area contributed by atoms with Crippen molar-refractivity contribution in [2.45, 2.75) is 38.5 Å². The fraction of sp³-hybridized carbons (Fsp3) is 0.103. The lowest BCUT2D eigenvalue weighted by molar-refractivity contribution is 0.660. The molecule has 282 valence electrons. The van der Waals surface area contributed by atoms with Crippen LogP contribution < -0.4 is 4.90 Å². The third kappa shape index (κ3) is 5.60. The Balaban J connectivity index is 1.01. The Kier molecular flexibility index (Phi) is 7.94. The molecule has 0 fully saturated rings. The molecular weight excluding hydrogens is 711 g/mol. The first-order valence-electron chi connectivity index (χ1n) is 20.8. The lowest BCUT2D eigenvalue weighted by Gasteiger charge is -2.30. The summed E-state index contributed by atoms with van der Waals surface area (Å²) in [5, 5.41) is 2.46. The van der Waals surface area contributed by atoms with Crippen LogP contribution in [0.25, 0.3) is 66.4 Å². The topological polar surface area (TPSA) is 3.24 Å². The highest BCUT2D eigenvalue weighted by molar-refractivity contribution is 6.00. The van der Waals surface area contributed by atoms with Crippen molar-refractivity contribution >= 4 is 27.8 Å². The van der Waals surface area contributed by atoms with Gasteiger partial charge in [-0.2, -0.15) is 0 Å². The van der Waals surface area contributed by atoms with E-state index in [1.165, 1.54) is 100 Å². The highest BCUT2D eigenvalue weighted by atomic mass is 15.1. The standard InChI is InChI=1S/C58H45N/c1-57(2)52-34-43(39-16-9-6-10-17-39)26-30-48(52)50-32-28-45(36-54(50)57)59(56-21-13-19-42-18-11-12-20-47(42)56)46-29-33-51-49-31-27-44(35-53(49)58(3,4)55(51)37-46)41-24-22-40(23-25-41)38-14-7-5-8-15-38/h5-37H,1-4H3. The summed E-state index contributed by atoms with van der Waals surface area (Å²) in [7, 11) is 0. The second kappa shape index (κ2) is 13.3. The summed E-state index contributed by atoms with van der Waals surface area (Å²) in [6, 6.07) is 74.3. The average Bonchev–Trinajstić information content (AvgIpc) is 3.65. The van der Waals surface area contributed by atoms with E-state index in [2.05, 4.69) is 233 Å². The van der Waals surface area contributed by atoms with Crippen LogP contribution in [0.15, 0.2) is 200 Å². The van der Waals surface area contributed by atoms with Crippen molar-refractivity contribution in [3.05, 3.63) is 222 Å². The van der Waals surface area contributed by atoms with Crippen molar-refractivity contribution in [1.82, 2.24) is 0 Å². The average molecular weight is 756 g/mol. The van der Waals surface area contributed by atoms with Gasteiger partial charge in [0.15, 0.2) is 0 Å². The summed E-state index contributed by atoms with van der Waals surface area (Å²) in [6.45, 7) is 9.56. The Morgan fingerprint density at radius 2 is 0.678 bits per heavy atom. The van der Waals surface area contributed by atoms with Gasteiger partial charge in [-0.05, 0) is 126 Å². The molecule has 0 aromatic heterocycles. The number of hydrogen-bond donors (Lipinski definition) is 0. The quantitative estimate of drug-likeness (QED) is 0.163. The zero-order chi connectivity index (χ0) is 39.9.